The summed E-state index contributed by atoms with van der Waals surface area (Å²) in [5.74, 6) is 0.481. The van der Waals surface area contributed by atoms with Gasteiger partial charge in [-0.25, -0.2) is 4.98 Å². The van der Waals surface area contributed by atoms with Crippen LogP contribution in [0.1, 0.15) is 42.1 Å². The van der Waals surface area contributed by atoms with Gasteiger partial charge in [0.25, 0.3) is 5.91 Å². The smallest absolute Gasteiger partial charge is 0.416 e. The van der Waals surface area contributed by atoms with Gasteiger partial charge in [0.1, 0.15) is 11.9 Å². The summed E-state index contributed by atoms with van der Waals surface area (Å²) >= 11 is 0. The minimum absolute atomic E-state index is 0.0901. The van der Waals surface area contributed by atoms with Gasteiger partial charge in [0.2, 0.25) is 5.88 Å². The van der Waals surface area contributed by atoms with Gasteiger partial charge in [-0.3, -0.25) is 4.79 Å². The topological polar surface area (TPSA) is 51.7 Å². The van der Waals surface area contributed by atoms with Crippen LogP contribution in [-0.2, 0) is 6.18 Å². The molecule has 29 heavy (non-hydrogen) atoms. The van der Waals surface area contributed by atoms with Crippen molar-refractivity contribution in [2.75, 3.05) is 19.7 Å². The minimum atomic E-state index is -4.45. The Balaban J connectivity index is 1.56. The first-order chi connectivity index (χ1) is 13.9. The maximum absolute atomic E-state index is 12.8. The molecule has 1 aliphatic rings. The van der Waals surface area contributed by atoms with Crippen molar-refractivity contribution in [2.24, 2.45) is 0 Å². The SMILES string of the molecule is CCCCOc1ccc(C(=O)N2CCC(Oc3cc(C(F)(F)F)ccn3)C2)cc1. The molecule has 1 fully saturated rings. The molecule has 5 nitrogen and oxygen atoms in total. The van der Waals surface area contributed by atoms with E-state index in [-0.39, 0.29) is 11.8 Å². The summed E-state index contributed by atoms with van der Waals surface area (Å²) < 4.78 is 49.6. The zero-order chi connectivity index (χ0) is 20.9. The average Bonchev–Trinajstić information content (AvgIpc) is 3.16. The molecule has 1 atom stereocenters. The van der Waals surface area contributed by atoms with E-state index in [0.717, 1.165) is 31.2 Å². The van der Waals surface area contributed by atoms with Crippen molar-refractivity contribution in [3.05, 3.63) is 53.7 Å². The van der Waals surface area contributed by atoms with Gasteiger partial charge in [-0.1, -0.05) is 13.3 Å². The molecule has 0 spiro atoms. The Kier molecular flexibility index (Phi) is 6.61. The number of benzene rings is 1. The molecule has 0 saturated carbocycles. The van der Waals surface area contributed by atoms with E-state index in [1.807, 2.05) is 0 Å². The summed E-state index contributed by atoms with van der Waals surface area (Å²) in [5, 5.41) is 0. The van der Waals surface area contributed by atoms with E-state index >= 15 is 0 Å². The molecule has 2 heterocycles. The molecule has 8 heteroatoms. The fourth-order valence-electron chi connectivity index (χ4n) is 3.04. The Morgan fingerprint density at radius 1 is 1.24 bits per heavy atom. The van der Waals surface area contributed by atoms with Gasteiger partial charge in [0.05, 0.1) is 18.7 Å². The van der Waals surface area contributed by atoms with Crippen LogP contribution in [0.3, 0.4) is 0 Å². The Morgan fingerprint density at radius 2 is 2.00 bits per heavy atom. The molecule has 1 saturated heterocycles. The molecule has 1 aromatic carbocycles. The maximum atomic E-state index is 12.8. The van der Waals surface area contributed by atoms with E-state index in [4.69, 9.17) is 9.47 Å². The third-order valence-corrected chi connectivity index (χ3v) is 4.65. The standard InChI is InChI=1S/C21H23F3N2O3/c1-2-3-12-28-17-6-4-15(5-7-17)20(27)26-11-9-18(14-26)29-19-13-16(8-10-25-19)21(22,23)24/h4-8,10,13,18H,2-3,9,11-12,14H2,1H3. The van der Waals surface area contributed by atoms with Crippen LogP contribution in [0.4, 0.5) is 13.2 Å². The number of carbonyl (C=O) groups is 1. The van der Waals surface area contributed by atoms with Crippen molar-refractivity contribution >= 4 is 5.91 Å². The molecule has 2 aromatic rings. The predicted molar refractivity (Wildman–Crippen MR) is 101 cm³/mol. The highest BCUT2D eigenvalue weighted by Gasteiger charge is 2.32. The number of pyridine rings is 1. The van der Waals surface area contributed by atoms with Gasteiger partial charge < -0.3 is 14.4 Å². The molecule has 156 valence electrons. The number of carbonyl (C=O) groups excluding carboxylic acids is 1. The third-order valence-electron chi connectivity index (χ3n) is 4.65. The van der Waals surface area contributed by atoms with Crippen LogP contribution in [-0.4, -0.2) is 41.6 Å². The second kappa shape index (κ2) is 9.15. The van der Waals surface area contributed by atoms with Crippen molar-refractivity contribution in [3.63, 3.8) is 0 Å². The number of alkyl halides is 3. The van der Waals surface area contributed by atoms with Gasteiger partial charge >= 0.3 is 6.18 Å². The van der Waals surface area contributed by atoms with Gasteiger partial charge in [-0.15, -0.1) is 0 Å². The number of amides is 1. The van der Waals surface area contributed by atoms with E-state index in [1.54, 1.807) is 29.2 Å². The number of ether oxygens (including phenoxy) is 2. The highest BCUT2D eigenvalue weighted by molar-refractivity contribution is 5.94. The summed E-state index contributed by atoms with van der Waals surface area (Å²) in [4.78, 5) is 18.1. The largest absolute Gasteiger partial charge is 0.494 e. The Morgan fingerprint density at radius 3 is 2.69 bits per heavy atom. The lowest BCUT2D eigenvalue weighted by Gasteiger charge is -2.17. The summed E-state index contributed by atoms with van der Waals surface area (Å²) in [6.07, 6.45) is -1.24. The Bertz CT molecular complexity index is 825. The molecule has 1 unspecified atom stereocenters. The highest BCUT2D eigenvalue weighted by Crippen LogP contribution is 2.31. The lowest BCUT2D eigenvalue weighted by atomic mass is 10.2. The van der Waals surface area contributed by atoms with Crippen LogP contribution in [0, 0.1) is 0 Å². The first-order valence-electron chi connectivity index (χ1n) is 9.59. The number of unbranched alkanes of at least 4 members (excludes halogenated alkanes) is 1. The van der Waals surface area contributed by atoms with Gasteiger partial charge in [0.15, 0.2) is 0 Å². The second-order valence-corrected chi connectivity index (χ2v) is 6.89. The van der Waals surface area contributed by atoms with Crippen LogP contribution >= 0.6 is 0 Å². The van der Waals surface area contributed by atoms with E-state index < -0.39 is 17.8 Å². The molecule has 1 aromatic heterocycles. The average molecular weight is 408 g/mol. The monoisotopic (exact) mass is 408 g/mol. The van der Waals surface area contributed by atoms with Crippen molar-refractivity contribution in [1.29, 1.82) is 0 Å². The maximum Gasteiger partial charge on any atom is 0.416 e. The van der Waals surface area contributed by atoms with Crippen molar-refractivity contribution in [3.8, 4) is 11.6 Å². The molecular weight excluding hydrogens is 385 g/mol. The molecular formula is C21H23F3N2O3. The van der Waals surface area contributed by atoms with E-state index in [1.165, 1.54) is 0 Å². The quantitative estimate of drug-likeness (QED) is 0.630. The normalized spacial score (nSPS) is 16.7. The number of halogens is 3. The number of rotatable bonds is 7. The van der Waals surface area contributed by atoms with Crippen molar-refractivity contribution < 1.29 is 27.4 Å². The summed E-state index contributed by atoms with van der Waals surface area (Å²) in [6.45, 7) is 3.49. The molecule has 1 aliphatic heterocycles. The van der Waals surface area contributed by atoms with Crippen LogP contribution in [0.2, 0.25) is 0 Å². The fraction of sp³-hybridized carbons (Fsp3) is 0.429. The third kappa shape index (κ3) is 5.62. The Hall–Kier alpha value is -2.77. The molecule has 0 N–H and O–H groups in total. The van der Waals surface area contributed by atoms with Crippen molar-refractivity contribution in [1.82, 2.24) is 9.88 Å². The minimum Gasteiger partial charge on any atom is -0.494 e. The zero-order valence-corrected chi connectivity index (χ0v) is 16.1. The molecule has 0 aliphatic carbocycles. The fourth-order valence-corrected chi connectivity index (χ4v) is 3.04. The van der Waals surface area contributed by atoms with Crippen LogP contribution in [0.25, 0.3) is 0 Å². The first kappa shape index (κ1) is 21.0. The molecule has 0 radical (unpaired) electrons. The van der Waals surface area contributed by atoms with Gasteiger partial charge in [-0.2, -0.15) is 13.2 Å². The van der Waals surface area contributed by atoms with E-state index in [9.17, 15) is 18.0 Å². The summed E-state index contributed by atoms with van der Waals surface area (Å²) in [6, 6.07) is 8.73. The number of hydrogen-bond donors (Lipinski definition) is 0. The molecule has 3 rings (SSSR count). The second-order valence-electron chi connectivity index (χ2n) is 6.89. The first-order valence-corrected chi connectivity index (χ1v) is 9.59. The number of hydrogen-bond acceptors (Lipinski definition) is 4. The lowest BCUT2D eigenvalue weighted by Crippen LogP contribution is -2.31. The zero-order valence-electron chi connectivity index (χ0n) is 16.1. The van der Waals surface area contributed by atoms with Crippen LogP contribution in [0.5, 0.6) is 11.6 Å². The number of nitrogens with zero attached hydrogens (tertiary/aromatic N) is 2. The number of aromatic nitrogens is 1. The number of likely N-dealkylation sites (tertiary alicyclic amines) is 1. The van der Waals surface area contributed by atoms with E-state index in [0.29, 0.717) is 37.4 Å². The highest BCUT2D eigenvalue weighted by atomic mass is 19.4. The van der Waals surface area contributed by atoms with Crippen LogP contribution in [0.15, 0.2) is 42.6 Å². The summed E-state index contributed by atoms with van der Waals surface area (Å²) in [5.41, 5.74) is -0.277. The molecule has 1 amide bonds. The van der Waals surface area contributed by atoms with Crippen LogP contribution < -0.4 is 9.47 Å². The Labute approximate surface area is 167 Å². The van der Waals surface area contributed by atoms with Gasteiger partial charge in [-0.05, 0) is 36.8 Å². The van der Waals surface area contributed by atoms with Gasteiger partial charge in [0, 0.05) is 30.8 Å². The van der Waals surface area contributed by atoms with Crippen molar-refractivity contribution in [2.45, 2.75) is 38.5 Å². The molecule has 0 bridgehead atoms. The predicted octanol–water partition coefficient (Wildman–Crippen LogP) is 4.57. The lowest BCUT2D eigenvalue weighted by molar-refractivity contribution is -0.137. The van der Waals surface area contributed by atoms with E-state index in [2.05, 4.69) is 11.9 Å². The summed E-state index contributed by atoms with van der Waals surface area (Å²) in [7, 11) is 0.